The molecule has 0 saturated carbocycles. The summed E-state index contributed by atoms with van der Waals surface area (Å²) in [6.45, 7) is 6.35. The van der Waals surface area contributed by atoms with E-state index in [4.69, 9.17) is 4.74 Å². The number of carbonyl (C=O) groups excluding carboxylic acids is 3. The Morgan fingerprint density at radius 3 is 2.29 bits per heavy atom. The number of nitrogens with zero attached hydrogens (tertiary/aromatic N) is 2. The Kier molecular flexibility index (Phi) is 10.4. The minimum absolute atomic E-state index is 0.122. The largest absolute Gasteiger partial charge is 0.497 e. The molecule has 0 spiro atoms. The summed E-state index contributed by atoms with van der Waals surface area (Å²) in [6.07, 6.45) is 1.08. The fraction of sp³-hybridized carbons (Fsp3) is 0.344. The molecule has 1 heterocycles. The number of hydrogen-bond acceptors (Lipinski definition) is 5. The first-order chi connectivity index (χ1) is 20.2. The topological polar surface area (TPSA) is 103 Å². The molecule has 222 valence electrons. The summed E-state index contributed by atoms with van der Waals surface area (Å²) < 4.78 is 18.5. The molecular formula is C32H38FN5O4. The lowest BCUT2D eigenvalue weighted by molar-refractivity contribution is -0.116. The van der Waals surface area contributed by atoms with E-state index in [0.29, 0.717) is 67.4 Å². The molecule has 0 unspecified atom stereocenters. The third-order valence-electron chi connectivity index (χ3n) is 6.95. The third kappa shape index (κ3) is 8.45. The second kappa shape index (κ2) is 14.3. The normalized spacial score (nSPS) is 13.4. The van der Waals surface area contributed by atoms with Gasteiger partial charge >= 0.3 is 6.03 Å². The van der Waals surface area contributed by atoms with Gasteiger partial charge in [0.25, 0.3) is 5.91 Å². The number of hydrogen-bond donors (Lipinski definition) is 3. The van der Waals surface area contributed by atoms with Gasteiger partial charge in [-0.1, -0.05) is 26.0 Å². The Labute approximate surface area is 246 Å². The van der Waals surface area contributed by atoms with Crippen LogP contribution in [0.25, 0.3) is 0 Å². The van der Waals surface area contributed by atoms with Gasteiger partial charge in [-0.3, -0.25) is 9.59 Å². The fourth-order valence-corrected chi connectivity index (χ4v) is 4.77. The predicted octanol–water partition coefficient (Wildman–Crippen LogP) is 5.49. The summed E-state index contributed by atoms with van der Waals surface area (Å²) >= 11 is 0. The second-order valence-electron chi connectivity index (χ2n) is 10.7. The zero-order valence-electron chi connectivity index (χ0n) is 24.3. The summed E-state index contributed by atoms with van der Waals surface area (Å²) in [6, 6.07) is 18.2. The molecule has 42 heavy (non-hydrogen) atoms. The van der Waals surface area contributed by atoms with Gasteiger partial charge in [-0.25, -0.2) is 9.18 Å². The van der Waals surface area contributed by atoms with Crippen molar-refractivity contribution in [2.45, 2.75) is 33.2 Å². The van der Waals surface area contributed by atoms with Crippen molar-refractivity contribution in [2.24, 2.45) is 5.92 Å². The highest BCUT2D eigenvalue weighted by atomic mass is 19.1. The van der Waals surface area contributed by atoms with Gasteiger partial charge in [0, 0.05) is 56.2 Å². The Balaban J connectivity index is 1.48. The fourth-order valence-electron chi connectivity index (χ4n) is 4.77. The number of anilines is 3. The van der Waals surface area contributed by atoms with Crippen LogP contribution in [-0.4, -0.2) is 56.0 Å². The highest BCUT2D eigenvalue weighted by molar-refractivity contribution is 6.02. The van der Waals surface area contributed by atoms with E-state index < -0.39 is 0 Å². The summed E-state index contributed by atoms with van der Waals surface area (Å²) in [5, 5.41) is 8.75. The molecule has 3 aromatic rings. The highest BCUT2D eigenvalue weighted by Crippen LogP contribution is 2.27. The standard InChI is InChI=1S/C32H38FN5O4/c1-22(2)19-30(39)35-26-11-14-29(28(20-26)31(40)34-21-23-5-7-24(33)8-6-23)37-15-4-16-38(18-17-37)32(41)36-25-9-12-27(42-3)13-10-25/h5-14,20,22H,4,15-19,21H2,1-3H3,(H,34,40)(H,35,39)(H,36,41). The van der Waals surface area contributed by atoms with Crippen molar-refractivity contribution >= 4 is 34.9 Å². The second-order valence-corrected chi connectivity index (χ2v) is 10.7. The van der Waals surface area contributed by atoms with E-state index in [9.17, 15) is 18.8 Å². The number of amides is 4. The molecule has 4 amide bonds. The van der Waals surface area contributed by atoms with Crippen LogP contribution in [-0.2, 0) is 11.3 Å². The maximum atomic E-state index is 13.5. The molecule has 9 nitrogen and oxygen atoms in total. The van der Waals surface area contributed by atoms with Crippen LogP contribution < -0.4 is 25.6 Å². The van der Waals surface area contributed by atoms with Crippen LogP contribution in [0.3, 0.4) is 0 Å². The van der Waals surface area contributed by atoms with Crippen LogP contribution in [0.5, 0.6) is 5.75 Å². The van der Waals surface area contributed by atoms with E-state index >= 15 is 0 Å². The van der Waals surface area contributed by atoms with E-state index in [0.717, 1.165) is 5.56 Å². The molecule has 1 aliphatic rings. The first-order valence-corrected chi connectivity index (χ1v) is 14.1. The molecule has 1 saturated heterocycles. The van der Waals surface area contributed by atoms with Crippen molar-refractivity contribution < 1.29 is 23.5 Å². The Morgan fingerprint density at radius 1 is 0.881 bits per heavy atom. The number of urea groups is 1. The van der Waals surface area contributed by atoms with Crippen molar-refractivity contribution in [3.8, 4) is 5.75 Å². The molecule has 0 radical (unpaired) electrons. The van der Waals surface area contributed by atoms with Crippen LogP contribution in [0.2, 0.25) is 0 Å². The molecule has 0 aliphatic carbocycles. The molecular weight excluding hydrogens is 537 g/mol. The molecule has 3 aromatic carbocycles. The van der Waals surface area contributed by atoms with Crippen LogP contribution in [0, 0.1) is 11.7 Å². The van der Waals surface area contributed by atoms with Gasteiger partial charge in [-0.2, -0.15) is 0 Å². The minimum atomic E-state index is -0.343. The molecule has 0 atom stereocenters. The SMILES string of the molecule is COc1ccc(NC(=O)N2CCCN(c3ccc(NC(=O)CC(C)C)cc3C(=O)NCc3ccc(F)cc3)CC2)cc1. The monoisotopic (exact) mass is 575 g/mol. The highest BCUT2D eigenvalue weighted by Gasteiger charge is 2.23. The quantitative estimate of drug-likeness (QED) is 0.313. The van der Waals surface area contributed by atoms with Gasteiger partial charge in [0.1, 0.15) is 11.6 Å². The molecule has 3 N–H and O–H groups in total. The predicted molar refractivity (Wildman–Crippen MR) is 163 cm³/mol. The lowest BCUT2D eigenvalue weighted by atomic mass is 10.1. The number of nitrogens with one attached hydrogen (secondary N) is 3. The van der Waals surface area contributed by atoms with Gasteiger partial charge in [-0.15, -0.1) is 0 Å². The summed E-state index contributed by atoms with van der Waals surface area (Å²) in [4.78, 5) is 42.7. The molecule has 10 heteroatoms. The minimum Gasteiger partial charge on any atom is -0.497 e. The van der Waals surface area contributed by atoms with Crippen molar-refractivity contribution in [1.29, 1.82) is 0 Å². The van der Waals surface area contributed by atoms with Crippen molar-refractivity contribution in [1.82, 2.24) is 10.2 Å². The number of rotatable bonds is 9. The maximum Gasteiger partial charge on any atom is 0.321 e. The van der Waals surface area contributed by atoms with Gasteiger partial charge in [0.05, 0.1) is 12.7 Å². The number of ether oxygens (including phenoxy) is 1. The van der Waals surface area contributed by atoms with Gasteiger partial charge in [0.15, 0.2) is 0 Å². The number of carbonyl (C=O) groups is 3. The third-order valence-corrected chi connectivity index (χ3v) is 6.95. The lowest BCUT2D eigenvalue weighted by Crippen LogP contribution is -2.38. The molecule has 4 rings (SSSR count). The molecule has 1 aliphatic heterocycles. The smallest absolute Gasteiger partial charge is 0.321 e. The van der Waals surface area contributed by atoms with E-state index in [1.165, 1.54) is 12.1 Å². The van der Waals surface area contributed by atoms with Gasteiger partial charge < -0.3 is 30.5 Å². The lowest BCUT2D eigenvalue weighted by Gasteiger charge is -2.26. The van der Waals surface area contributed by atoms with Crippen molar-refractivity contribution in [3.63, 3.8) is 0 Å². The summed E-state index contributed by atoms with van der Waals surface area (Å²) in [5.41, 5.74) is 3.10. The van der Waals surface area contributed by atoms with Gasteiger partial charge in [-0.05, 0) is 72.5 Å². The van der Waals surface area contributed by atoms with E-state index in [1.807, 2.05) is 19.9 Å². The van der Waals surface area contributed by atoms with E-state index in [1.54, 1.807) is 60.5 Å². The molecule has 0 bridgehead atoms. The summed E-state index contributed by atoms with van der Waals surface area (Å²) in [5.74, 6) is 0.132. The number of methoxy groups -OCH3 is 1. The molecule has 0 aromatic heterocycles. The Morgan fingerprint density at radius 2 is 1.60 bits per heavy atom. The zero-order valence-corrected chi connectivity index (χ0v) is 24.3. The average Bonchev–Trinajstić information content (AvgIpc) is 3.23. The van der Waals surface area contributed by atoms with E-state index in [2.05, 4.69) is 20.9 Å². The first-order valence-electron chi connectivity index (χ1n) is 14.1. The maximum absolute atomic E-state index is 13.5. The number of benzene rings is 3. The van der Waals surface area contributed by atoms with Crippen LogP contribution in [0.15, 0.2) is 66.7 Å². The van der Waals surface area contributed by atoms with Crippen LogP contribution >= 0.6 is 0 Å². The van der Waals surface area contributed by atoms with Crippen molar-refractivity contribution in [3.05, 3.63) is 83.7 Å². The Bertz CT molecular complexity index is 1380. The first kappa shape index (κ1) is 30.4. The summed E-state index contributed by atoms with van der Waals surface area (Å²) in [7, 11) is 1.59. The molecule has 1 fully saturated rings. The average molecular weight is 576 g/mol. The van der Waals surface area contributed by atoms with E-state index in [-0.39, 0.29) is 36.1 Å². The zero-order chi connectivity index (χ0) is 30.1. The number of halogens is 1. The Hall–Kier alpha value is -4.60. The van der Waals surface area contributed by atoms with Gasteiger partial charge in [0.2, 0.25) is 5.91 Å². The van der Waals surface area contributed by atoms with Crippen molar-refractivity contribution in [2.75, 3.05) is 48.8 Å². The van der Waals surface area contributed by atoms with Crippen LogP contribution in [0.4, 0.5) is 26.2 Å². The van der Waals surface area contributed by atoms with Crippen LogP contribution in [0.1, 0.15) is 42.6 Å².